The van der Waals surface area contributed by atoms with Gasteiger partial charge >= 0.3 is 5.97 Å². The molecule has 1 fully saturated rings. The molecule has 2 aromatic carbocycles. The van der Waals surface area contributed by atoms with Crippen molar-refractivity contribution in [2.24, 2.45) is 50.1 Å². The molecular formula is C51H77N17O15. The topological polar surface area (TPSA) is 563 Å². The smallest absolute Gasteiger partial charge is 0.328 e. The third-order valence-corrected chi connectivity index (χ3v) is 12.9. The van der Waals surface area contributed by atoms with Crippen molar-refractivity contribution in [3.63, 3.8) is 0 Å². The van der Waals surface area contributed by atoms with Gasteiger partial charge in [-0.25, -0.2) is 4.79 Å². The lowest BCUT2D eigenvalue weighted by Crippen LogP contribution is -2.60. The summed E-state index contributed by atoms with van der Waals surface area (Å²) >= 11 is 0. The second-order valence-electron chi connectivity index (χ2n) is 19.7. The number of guanidine groups is 2. The van der Waals surface area contributed by atoms with Crippen LogP contribution in [0.25, 0.3) is 0 Å². The number of aliphatic carboxylic acids is 1. The standard InChI is InChI=1S/C51H77N17O15/c1-25(48(81)68-21-5-8-37(68)47(80)66-35(23-28-11-15-30(71)16-12-28)46(79)67-40(26(2)69)49(82)83)61-42(75)32(6-3-19-59-50(55)56)63-45(78)36(24-39(54)73)65-44(77)34(22-27-9-13-29(70)14-10-27)64-43(76)33(7-4-20-60-51(57)58)62-41(74)31(52)17-18-38(53)72/h9-16,25-26,31-37,40,69-71H,3-8,17-24,52H2,1-2H3,(H2,53,72)(H2,54,73)(H,61,75)(H,62,74)(H,63,78)(H,64,76)(H,65,77)(H,66,80)(H,67,79)(H,82,83)(H4,55,56,59)(H4,57,58,60)/t25-,26+,31-,32-,33-,34-,35-,36-,37-,40-/m0/s1. The van der Waals surface area contributed by atoms with Crippen molar-refractivity contribution in [2.45, 2.75) is 145 Å². The fourth-order valence-electron chi connectivity index (χ4n) is 8.47. The number of aromatic hydroxyl groups is 2. The fraction of sp³-hybridized carbons (Fsp3) is 0.510. The SMILES string of the molecule is C[C@H](NC(=O)[C@H](CCCN=C(N)N)NC(=O)[C@H](CC(N)=O)NC(=O)[C@H](Cc1ccc(O)cc1)NC(=O)[C@H](CCCN=C(N)N)NC(=O)[C@@H](N)CCC(N)=O)C(=O)N1CCC[C@H]1C(=O)N[C@@H](Cc1ccc(O)cc1)C(=O)N[C@H](C(=O)O)[C@@H](C)O. The van der Waals surface area contributed by atoms with Crippen LogP contribution in [0.4, 0.5) is 0 Å². The summed E-state index contributed by atoms with van der Waals surface area (Å²) in [6.07, 6.45) is -3.14. The Bertz CT molecular complexity index is 2670. The van der Waals surface area contributed by atoms with Crippen molar-refractivity contribution >= 4 is 77.0 Å². The number of hydrogen-bond acceptors (Lipinski definition) is 17. The number of aliphatic hydroxyl groups is 1. The number of nitrogens with two attached hydrogens (primary N) is 7. The Morgan fingerprint density at radius 1 is 0.578 bits per heavy atom. The van der Waals surface area contributed by atoms with E-state index in [9.17, 15) is 73.2 Å². The highest BCUT2D eigenvalue weighted by atomic mass is 16.4. The van der Waals surface area contributed by atoms with Gasteiger partial charge in [-0.05, 0) is 94.2 Å². The lowest BCUT2D eigenvalue weighted by molar-refractivity contribution is -0.145. The molecule has 0 unspecified atom stereocenters. The van der Waals surface area contributed by atoms with Gasteiger partial charge in [0.05, 0.1) is 18.6 Å². The normalized spacial score (nSPS) is 16.0. The Balaban J connectivity index is 1.90. The van der Waals surface area contributed by atoms with Crippen molar-refractivity contribution in [1.29, 1.82) is 0 Å². The van der Waals surface area contributed by atoms with Crippen LogP contribution in [0.5, 0.6) is 11.5 Å². The molecule has 0 spiro atoms. The zero-order chi connectivity index (χ0) is 62.1. The molecule has 0 bridgehead atoms. The molecule has 0 aromatic heterocycles. The molecule has 10 atom stereocenters. The Kier molecular flexibility index (Phi) is 27.4. The number of phenolic OH excluding ortho intramolecular Hbond substituents is 2. The number of aliphatic hydroxyl groups excluding tert-OH is 1. The van der Waals surface area contributed by atoms with Crippen LogP contribution in [0.2, 0.25) is 0 Å². The average molecular weight is 1170 g/mol. The zero-order valence-corrected chi connectivity index (χ0v) is 46.0. The van der Waals surface area contributed by atoms with Crippen LogP contribution in [0.1, 0.15) is 82.8 Å². The Morgan fingerprint density at radius 3 is 1.48 bits per heavy atom. The van der Waals surface area contributed by atoms with Crippen LogP contribution in [0.15, 0.2) is 58.5 Å². The highest BCUT2D eigenvalue weighted by molar-refractivity contribution is 5.99. The summed E-state index contributed by atoms with van der Waals surface area (Å²) in [5.74, 6) is -11.7. The van der Waals surface area contributed by atoms with E-state index in [2.05, 4.69) is 47.2 Å². The monoisotopic (exact) mass is 1170 g/mol. The number of nitrogens with zero attached hydrogens (tertiary/aromatic N) is 3. The predicted octanol–water partition coefficient (Wildman–Crippen LogP) is -6.67. The summed E-state index contributed by atoms with van der Waals surface area (Å²) in [6, 6.07) is -2.45. The summed E-state index contributed by atoms with van der Waals surface area (Å²) in [6.45, 7) is 2.41. The number of likely N-dealkylation sites (tertiary alicyclic amines) is 1. The van der Waals surface area contributed by atoms with Gasteiger partial charge in [0.1, 0.15) is 53.8 Å². The van der Waals surface area contributed by atoms with E-state index in [-0.39, 0.29) is 101 Å². The first-order valence-corrected chi connectivity index (χ1v) is 26.4. The first kappa shape index (κ1) is 67.9. The largest absolute Gasteiger partial charge is 0.508 e. The number of carboxylic acids is 1. The highest BCUT2D eigenvalue weighted by Gasteiger charge is 2.40. The maximum Gasteiger partial charge on any atom is 0.328 e. The van der Waals surface area contributed by atoms with E-state index in [0.717, 1.165) is 11.8 Å². The Labute approximate surface area is 476 Å². The molecule has 456 valence electrons. The van der Waals surface area contributed by atoms with E-state index in [0.29, 0.717) is 17.5 Å². The maximum atomic E-state index is 14.3. The lowest BCUT2D eigenvalue weighted by atomic mass is 10.0. The molecule has 83 heavy (non-hydrogen) atoms. The number of nitrogens with one attached hydrogen (secondary N) is 7. The van der Waals surface area contributed by atoms with Crippen molar-refractivity contribution in [3.05, 3.63) is 59.7 Å². The molecule has 0 saturated carbocycles. The third-order valence-electron chi connectivity index (χ3n) is 12.9. The Hall–Kier alpha value is -9.33. The molecule has 3 rings (SSSR count). The molecule has 32 nitrogen and oxygen atoms in total. The quantitative estimate of drug-likeness (QED) is 0.0176. The molecule has 1 aliphatic rings. The van der Waals surface area contributed by atoms with E-state index in [4.69, 9.17) is 40.1 Å². The maximum absolute atomic E-state index is 14.3. The number of carboxylic acid groups (broad SMARTS) is 1. The zero-order valence-electron chi connectivity index (χ0n) is 46.0. The third kappa shape index (κ3) is 23.7. The van der Waals surface area contributed by atoms with Crippen molar-refractivity contribution < 1.29 is 73.2 Å². The second-order valence-corrected chi connectivity index (χ2v) is 19.7. The van der Waals surface area contributed by atoms with Crippen LogP contribution in [0.3, 0.4) is 0 Å². The van der Waals surface area contributed by atoms with Gasteiger partial charge < -0.3 is 103 Å². The molecule has 2 aromatic rings. The molecule has 32 heteroatoms. The van der Waals surface area contributed by atoms with Crippen molar-refractivity contribution in [1.82, 2.24) is 42.1 Å². The number of amides is 10. The number of benzene rings is 2. The summed E-state index contributed by atoms with van der Waals surface area (Å²) in [5.41, 5.74) is 39.4. The van der Waals surface area contributed by atoms with Gasteiger partial charge in [-0.2, -0.15) is 0 Å². The number of rotatable bonds is 34. The van der Waals surface area contributed by atoms with Gasteiger partial charge in [0, 0.05) is 38.9 Å². The minimum atomic E-state index is -1.84. The van der Waals surface area contributed by atoms with E-state index >= 15 is 0 Å². The van der Waals surface area contributed by atoms with Crippen LogP contribution >= 0.6 is 0 Å². The molecule has 25 N–H and O–H groups in total. The van der Waals surface area contributed by atoms with Crippen LogP contribution in [-0.4, -0.2) is 182 Å². The van der Waals surface area contributed by atoms with E-state index in [1.54, 1.807) is 0 Å². The molecule has 1 saturated heterocycles. The predicted molar refractivity (Wildman–Crippen MR) is 297 cm³/mol. The first-order valence-electron chi connectivity index (χ1n) is 26.4. The lowest BCUT2D eigenvalue weighted by Gasteiger charge is -2.30. The molecule has 0 aliphatic carbocycles. The number of carbonyl (C=O) groups is 11. The van der Waals surface area contributed by atoms with E-state index in [1.807, 2.05) is 0 Å². The number of phenols is 2. The molecular weight excluding hydrogens is 1090 g/mol. The van der Waals surface area contributed by atoms with E-state index in [1.165, 1.54) is 55.5 Å². The molecule has 0 radical (unpaired) electrons. The first-order chi connectivity index (χ1) is 39.1. The number of primary amides is 2. The van der Waals surface area contributed by atoms with Gasteiger partial charge in [-0.1, -0.05) is 24.3 Å². The molecule has 10 amide bonds. The summed E-state index contributed by atoms with van der Waals surface area (Å²) < 4.78 is 0. The fourth-order valence-corrected chi connectivity index (χ4v) is 8.47. The van der Waals surface area contributed by atoms with Gasteiger partial charge in [0.2, 0.25) is 59.1 Å². The summed E-state index contributed by atoms with van der Waals surface area (Å²) in [5, 5.41) is 56.6. The van der Waals surface area contributed by atoms with Crippen LogP contribution in [0, 0.1) is 0 Å². The van der Waals surface area contributed by atoms with Gasteiger partial charge in [0.15, 0.2) is 18.0 Å². The number of carbonyl (C=O) groups excluding carboxylic acids is 10. The second kappa shape index (κ2) is 33.4. The van der Waals surface area contributed by atoms with Crippen molar-refractivity contribution in [3.8, 4) is 11.5 Å². The summed E-state index contributed by atoms with van der Waals surface area (Å²) in [7, 11) is 0. The van der Waals surface area contributed by atoms with Gasteiger partial charge in [-0.15, -0.1) is 0 Å². The minimum absolute atomic E-state index is 0.0116. The van der Waals surface area contributed by atoms with Crippen LogP contribution < -0.4 is 77.4 Å². The average Bonchev–Trinajstić information content (AvgIpc) is 4.20. The Morgan fingerprint density at radius 2 is 1.01 bits per heavy atom. The number of hydrogen-bond donors (Lipinski definition) is 18. The summed E-state index contributed by atoms with van der Waals surface area (Å²) in [4.78, 5) is 156. The molecule has 1 aliphatic heterocycles. The van der Waals surface area contributed by atoms with Crippen molar-refractivity contribution in [2.75, 3.05) is 19.6 Å². The van der Waals surface area contributed by atoms with E-state index < -0.39 is 132 Å². The van der Waals surface area contributed by atoms with Gasteiger partial charge in [-0.3, -0.25) is 57.9 Å². The minimum Gasteiger partial charge on any atom is -0.508 e. The highest BCUT2D eigenvalue weighted by Crippen LogP contribution is 2.20. The van der Waals surface area contributed by atoms with Gasteiger partial charge in [0.25, 0.3) is 0 Å². The molecule has 1 heterocycles. The number of aliphatic imine (C=N–C) groups is 2. The van der Waals surface area contributed by atoms with Crippen LogP contribution in [-0.2, 0) is 65.6 Å².